The van der Waals surface area contributed by atoms with Gasteiger partial charge in [-0.15, -0.1) is 11.8 Å². The molecule has 0 saturated carbocycles. The van der Waals surface area contributed by atoms with E-state index >= 15 is 0 Å². The van der Waals surface area contributed by atoms with E-state index in [-0.39, 0.29) is 0 Å². The zero-order valence-electron chi connectivity index (χ0n) is 9.08. The second kappa shape index (κ2) is 4.69. The summed E-state index contributed by atoms with van der Waals surface area (Å²) in [6.45, 7) is 6.76. The third-order valence-corrected chi connectivity index (χ3v) is 2.81. The van der Waals surface area contributed by atoms with Gasteiger partial charge in [0.1, 0.15) is 0 Å². The fraction of sp³-hybridized carbons (Fsp3) is 0.545. The number of nitrogens with two attached hydrogens (primary N) is 1. The topological polar surface area (TPSA) is 38.9 Å². The van der Waals surface area contributed by atoms with Crippen molar-refractivity contribution in [3.63, 3.8) is 0 Å². The van der Waals surface area contributed by atoms with Crippen molar-refractivity contribution in [2.24, 2.45) is 5.41 Å². The van der Waals surface area contributed by atoms with Crippen molar-refractivity contribution in [1.82, 2.24) is 4.98 Å². The zero-order chi connectivity index (χ0) is 10.6. The lowest BCUT2D eigenvalue weighted by atomic mass is 9.94. The van der Waals surface area contributed by atoms with Gasteiger partial charge in [-0.3, -0.25) is 0 Å². The van der Waals surface area contributed by atoms with E-state index in [1.165, 1.54) is 6.42 Å². The largest absolute Gasteiger partial charge is 0.397 e. The number of hydrogen-bond donors (Lipinski definition) is 1. The van der Waals surface area contributed by atoms with Crippen molar-refractivity contribution < 1.29 is 0 Å². The molecule has 1 rings (SSSR count). The average molecular weight is 210 g/mol. The smallest absolute Gasteiger partial charge is 0.0961 e. The average Bonchev–Trinajstić information content (AvgIpc) is 2.06. The Morgan fingerprint density at radius 3 is 2.57 bits per heavy atom. The van der Waals surface area contributed by atoms with Crippen LogP contribution in [0.5, 0.6) is 0 Å². The van der Waals surface area contributed by atoms with Crippen LogP contribution in [0.15, 0.2) is 23.4 Å². The van der Waals surface area contributed by atoms with E-state index in [4.69, 9.17) is 5.73 Å². The van der Waals surface area contributed by atoms with Crippen LogP contribution in [0.25, 0.3) is 0 Å². The van der Waals surface area contributed by atoms with E-state index in [1.807, 2.05) is 12.1 Å². The summed E-state index contributed by atoms with van der Waals surface area (Å²) in [5, 5.41) is 1.06. The fourth-order valence-corrected chi connectivity index (χ4v) is 2.15. The van der Waals surface area contributed by atoms with Gasteiger partial charge in [0, 0.05) is 0 Å². The van der Waals surface area contributed by atoms with Gasteiger partial charge < -0.3 is 5.73 Å². The van der Waals surface area contributed by atoms with Crippen LogP contribution >= 0.6 is 11.8 Å². The minimum atomic E-state index is 0.404. The molecule has 0 atom stereocenters. The number of anilines is 1. The van der Waals surface area contributed by atoms with Crippen molar-refractivity contribution in [2.75, 3.05) is 11.5 Å². The lowest BCUT2D eigenvalue weighted by molar-refractivity contribution is 0.401. The van der Waals surface area contributed by atoms with Crippen LogP contribution in [0.3, 0.4) is 0 Å². The van der Waals surface area contributed by atoms with Crippen molar-refractivity contribution in [3.05, 3.63) is 18.3 Å². The maximum absolute atomic E-state index is 5.55. The number of nitrogen functional groups attached to an aromatic ring is 1. The Balaban J connectivity index is 2.35. The molecule has 1 heterocycles. The van der Waals surface area contributed by atoms with Crippen molar-refractivity contribution >= 4 is 17.4 Å². The summed E-state index contributed by atoms with van der Waals surface area (Å²) in [5.74, 6) is 1.11. The van der Waals surface area contributed by atoms with E-state index in [9.17, 15) is 0 Å². The molecule has 0 aliphatic carbocycles. The highest BCUT2D eigenvalue weighted by Crippen LogP contribution is 2.24. The molecule has 1 aromatic rings. The van der Waals surface area contributed by atoms with Gasteiger partial charge in [-0.1, -0.05) is 20.8 Å². The Labute approximate surface area is 90.3 Å². The molecule has 0 unspecified atom stereocenters. The normalized spacial score (nSPS) is 11.6. The molecular formula is C11H18N2S. The van der Waals surface area contributed by atoms with E-state index < -0.39 is 0 Å². The molecule has 3 heteroatoms. The molecule has 2 nitrogen and oxygen atoms in total. The molecule has 0 aliphatic heterocycles. The van der Waals surface area contributed by atoms with Gasteiger partial charge in [0.25, 0.3) is 0 Å². The third kappa shape index (κ3) is 4.51. The van der Waals surface area contributed by atoms with Crippen LogP contribution < -0.4 is 5.73 Å². The number of pyridine rings is 1. The molecule has 2 N–H and O–H groups in total. The summed E-state index contributed by atoms with van der Waals surface area (Å²) in [7, 11) is 0. The summed E-state index contributed by atoms with van der Waals surface area (Å²) < 4.78 is 0. The van der Waals surface area contributed by atoms with Crippen LogP contribution in [0.4, 0.5) is 5.69 Å². The SMILES string of the molecule is CC(C)(C)CCSc1ccc(N)cn1. The standard InChI is InChI=1S/C11H18N2S/c1-11(2,3)6-7-14-10-5-4-9(12)8-13-10/h4-5,8H,6-7,12H2,1-3H3. The number of nitrogens with zero attached hydrogens (tertiary/aromatic N) is 1. The van der Waals surface area contributed by atoms with Gasteiger partial charge in [-0.25, -0.2) is 4.98 Å². The Bertz CT molecular complexity index is 274. The van der Waals surface area contributed by atoms with E-state index in [2.05, 4.69) is 25.8 Å². The van der Waals surface area contributed by atoms with Crippen LogP contribution in [0, 0.1) is 5.41 Å². The molecule has 1 aromatic heterocycles. The molecule has 0 spiro atoms. The predicted octanol–water partition coefficient (Wildman–Crippen LogP) is 3.19. The molecule has 0 aliphatic rings. The highest BCUT2D eigenvalue weighted by Gasteiger charge is 2.09. The van der Waals surface area contributed by atoms with Crippen LogP contribution in [-0.4, -0.2) is 10.7 Å². The van der Waals surface area contributed by atoms with Crippen molar-refractivity contribution in [2.45, 2.75) is 32.2 Å². The quantitative estimate of drug-likeness (QED) is 0.779. The van der Waals surface area contributed by atoms with Crippen molar-refractivity contribution in [3.8, 4) is 0 Å². The number of aromatic nitrogens is 1. The Kier molecular flexibility index (Phi) is 3.81. The minimum absolute atomic E-state index is 0.404. The Morgan fingerprint density at radius 1 is 1.36 bits per heavy atom. The lowest BCUT2D eigenvalue weighted by Crippen LogP contribution is -2.05. The zero-order valence-corrected chi connectivity index (χ0v) is 9.90. The minimum Gasteiger partial charge on any atom is -0.397 e. The number of hydrogen-bond acceptors (Lipinski definition) is 3. The summed E-state index contributed by atoms with van der Waals surface area (Å²) >= 11 is 1.79. The highest BCUT2D eigenvalue weighted by atomic mass is 32.2. The van der Waals surface area contributed by atoms with Crippen LogP contribution in [-0.2, 0) is 0 Å². The first-order valence-corrected chi connectivity index (χ1v) is 5.80. The third-order valence-electron chi connectivity index (χ3n) is 1.86. The molecule has 0 fully saturated rings. The first-order chi connectivity index (χ1) is 6.47. The molecule has 0 radical (unpaired) electrons. The Hall–Kier alpha value is -0.700. The molecule has 78 valence electrons. The first kappa shape index (κ1) is 11.4. The van der Waals surface area contributed by atoms with Gasteiger partial charge in [-0.05, 0) is 29.7 Å². The summed E-state index contributed by atoms with van der Waals surface area (Å²) in [4.78, 5) is 4.24. The van der Waals surface area contributed by atoms with Gasteiger partial charge >= 0.3 is 0 Å². The molecule has 14 heavy (non-hydrogen) atoms. The molecule has 0 bridgehead atoms. The van der Waals surface area contributed by atoms with Gasteiger partial charge in [0.05, 0.1) is 16.9 Å². The highest BCUT2D eigenvalue weighted by molar-refractivity contribution is 7.99. The molecule has 0 aromatic carbocycles. The van der Waals surface area contributed by atoms with E-state index in [1.54, 1.807) is 18.0 Å². The second-order valence-corrected chi connectivity index (χ2v) is 5.70. The molecule has 0 saturated heterocycles. The number of thioether (sulfide) groups is 1. The maximum Gasteiger partial charge on any atom is 0.0961 e. The fourth-order valence-electron chi connectivity index (χ4n) is 0.939. The predicted molar refractivity (Wildman–Crippen MR) is 63.4 cm³/mol. The van der Waals surface area contributed by atoms with Crippen LogP contribution in [0.1, 0.15) is 27.2 Å². The number of rotatable bonds is 3. The van der Waals surface area contributed by atoms with Crippen molar-refractivity contribution in [1.29, 1.82) is 0 Å². The summed E-state index contributed by atoms with van der Waals surface area (Å²) in [6.07, 6.45) is 2.91. The Morgan fingerprint density at radius 2 is 2.07 bits per heavy atom. The second-order valence-electron chi connectivity index (χ2n) is 4.59. The molecule has 0 amide bonds. The van der Waals surface area contributed by atoms with Gasteiger partial charge in [-0.2, -0.15) is 0 Å². The monoisotopic (exact) mass is 210 g/mol. The lowest BCUT2D eigenvalue weighted by Gasteiger charge is -2.16. The summed E-state index contributed by atoms with van der Waals surface area (Å²) in [5.41, 5.74) is 6.68. The van der Waals surface area contributed by atoms with E-state index in [0.717, 1.165) is 16.5 Å². The molecular weight excluding hydrogens is 192 g/mol. The maximum atomic E-state index is 5.55. The van der Waals surface area contributed by atoms with Gasteiger partial charge in [0.15, 0.2) is 0 Å². The first-order valence-electron chi connectivity index (χ1n) is 4.82. The summed E-state index contributed by atoms with van der Waals surface area (Å²) in [6, 6.07) is 3.87. The van der Waals surface area contributed by atoms with Crippen LogP contribution in [0.2, 0.25) is 0 Å². The van der Waals surface area contributed by atoms with E-state index in [0.29, 0.717) is 5.41 Å². The van der Waals surface area contributed by atoms with Gasteiger partial charge in [0.2, 0.25) is 0 Å².